The number of carbonyl (C=O) groups excluding carboxylic acids is 1. The molecule has 3 rings (SSSR count). The van der Waals surface area contributed by atoms with Crippen LogP contribution in [0.2, 0.25) is 0 Å². The minimum absolute atomic E-state index is 0.109. The molecular formula is C17H25N3O3S. The molecule has 24 heavy (non-hydrogen) atoms. The number of amides is 1. The van der Waals surface area contributed by atoms with Crippen molar-refractivity contribution in [3.05, 3.63) is 24.3 Å². The molecule has 0 bridgehead atoms. The molecule has 0 aromatic heterocycles. The summed E-state index contributed by atoms with van der Waals surface area (Å²) in [4.78, 5) is 14.4. The van der Waals surface area contributed by atoms with Crippen molar-refractivity contribution < 1.29 is 13.2 Å². The molecule has 1 unspecified atom stereocenters. The Hall–Kier alpha value is -1.60. The average molecular weight is 351 g/mol. The Morgan fingerprint density at radius 3 is 2.46 bits per heavy atom. The molecule has 2 aliphatic rings. The van der Waals surface area contributed by atoms with Crippen LogP contribution in [0.3, 0.4) is 0 Å². The number of carbonyl (C=O) groups is 1. The van der Waals surface area contributed by atoms with Crippen molar-refractivity contribution in [1.82, 2.24) is 5.32 Å². The maximum absolute atomic E-state index is 12.0. The molecule has 6 nitrogen and oxygen atoms in total. The Labute approximate surface area is 143 Å². The number of anilines is 2. The lowest BCUT2D eigenvalue weighted by Crippen LogP contribution is -2.36. The first-order valence-electron chi connectivity index (χ1n) is 8.60. The van der Waals surface area contributed by atoms with Gasteiger partial charge in [-0.05, 0) is 49.9 Å². The maximum Gasteiger partial charge on any atom is 0.238 e. The lowest BCUT2D eigenvalue weighted by atomic mass is 10.1. The highest BCUT2D eigenvalue weighted by molar-refractivity contribution is 7.91. The second-order valence-electron chi connectivity index (χ2n) is 6.62. The molecule has 2 saturated heterocycles. The van der Waals surface area contributed by atoms with E-state index in [0.29, 0.717) is 6.42 Å². The number of hydrogen-bond donors (Lipinski definition) is 2. The third-order valence-electron chi connectivity index (χ3n) is 4.66. The van der Waals surface area contributed by atoms with Gasteiger partial charge in [0, 0.05) is 30.5 Å². The summed E-state index contributed by atoms with van der Waals surface area (Å²) in [6.07, 6.45) is 4.36. The Morgan fingerprint density at radius 2 is 1.83 bits per heavy atom. The van der Waals surface area contributed by atoms with E-state index in [0.717, 1.165) is 18.8 Å². The second-order valence-corrected chi connectivity index (χ2v) is 8.85. The van der Waals surface area contributed by atoms with Gasteiger partial charge < -0.3 is 15.5 Å². The van der Waals surface area contributed by atoms with Gasteiger partial charge in [0.15, 0.2) is 9.84 Å². The number of rotatable bonds is 5. The van der Waals surface area contributed by atoms with Gasteiger partial charge in [-0.2, -0.15) is 0 Å². The van der Waals surface area contributed by atoms with E-state index in [-0.39, 0.29) is 30.0 Å². The van der Waals surface area contributed by atoms with Gasteiger partial charge in [-0.25, -0.2) is 8.42 Å². The van der Waals surface area contributed by atoms with Crippen LogP contribution in [0, 0.1) is 0 Å². The van der Waals surface area contributed by atoms with Gasteiger partial charge in [-0.15, -0.1) is 0 Å². The summed E-state index contributed by atoms with van der Waals surface area (Å²) in [5.74, 6) is 0.194. The first-order chi connectivity index (χ1) is 11.5. The molecule has 0 spiro atoms. The largest absolute Gasteiger partial charge is 0.372 e. The number of sulfone groups is 1. The fourth-order valence-electron chi connectivity index (χ4n) is 3.31. The van der Waals surface area contributed by atoms with Crippen molar-refractivity contribution in [3.63, 3.8) is 0 Å². The highest BCUT2D eigenvalue weighted by atomic mass is 32.2. The molecule has 1 aromatic rings. The lowest BCUT2D eigenvalue weighted by molar-refractivity contribution is -0.115. The number of nitrogens with zero attached hydrogens (tertiary/aromatic N) is 1. The van der Waals surface area contributed by atoms with Crippen molar-refractivity contribution >= 4 is 27.1 Å². The van der Waals surface area contributed by atoms with Crippen molar-refractivity contribution in [3.8, 4) is 0 Å². The van der Waals surface area contributed by atoms with E-state index in [1.807, 2.05) is 24.3 Å². The van der Waals surface area contributed by atoms with Crippen molar-refractivity contribution in [2.45, 2.75) is 31.7 Å². The fraction of sp³-hybridized carbons (Fsp3) is 0.588. The third-order valence-corrected chi connectivity index (χ3v) is 6.42. The minimum atomic E-state index is -2.92. The molecule has 1 amide bonds. The molecule has 2 fully saturated rings. The summed E-state index contributed by atoms with van der Waals surface area (Å²) in [7, 11) is -2.92. The summed E-state index contributed by atoms with van der Waals surface area (Å²) >= 11 is 0. The summed E-state index contributed by atoms with van der Waals surface area (Å²) in [5, 5.41) is 5.87. The fourth-order valence-corrected chi connectivity index (χ4v) is 5.01. The van der Waals surface area contributed by atoms with Crippen LogP contribution in [0.1, 0.15) is 25.7 Å². The van der Waals surface area contributed by atoms with Crippen LogP contribution in [0.25, 0.3) is 0 Å². The van der Waals surface area contributed by atoms with Crippen LogP contribution in [-0.2, 0) is 14.6 Å². The number of nitrogens with one attached hydrogen (secondary N) is 2. The highest BCUT2D eigenvalue weighted by Gasteiger charge is 2.27. The topological polar surface area (TPSA) is 78.5 Å². The lowest BCUT2D eigenvalue weighted by Gasteiger charge is -2.28. The maximum atomic E-state index is 12.0. The van der Waals surface area contributed by atoms with Crippen molar-refractivity contribution in [2.75, 3.05) is 41.4 Å². The first kappa shape index (κ1) is 17.2. The molecule has 2 aliphatic heterocycles. The third kappa shape index (κ3) is 4.70. The van der Waals surface area contributed by atoms with Gasteiger partial charge >= 0.3 is 0 Å². The van der Waals surface area contributed by atoms with Crippen LogP contribution >= 0.6 is 0 Å². The van der Waals surface area contributed by atoms with Gasteiger partial charge in [0.05, 0.1) is 18.1 Å². The Kier molecular flexibility index (Phi) is 5.40. The Balaban J connectivity index is 1.46. The molecule has 0 radical (unpaired) electrons. The molecule has 0 aliphatic carbocycles. The van der Waals surface area contributed by atoms with E-state index in [4.69, 9.17) is 0 Å². The van der Waals surface area contributed by atoms with Crippen LogP contribution < -0.4 is 15.5 Å². The Morgan fingerprint density at radius 1 is 1.12 bits per heavy atom. The van der Waals surface area contributed by atoms with Gasteiger partial charge in [0.25, 0.3) is 0 Å². The molecule has 0 saturated carbocycles. The summed E-state index contributed by atoms with van der Waals surface area (Å²) in [5.41, 5.74) is 1.96. The molecule has 1 atom stereocenters. The molecule has 2 heterocycles. The molecule has 2 N–H and O–H groups in total. The smallest absolute Gasteiger partial charge is 0.238 e. The quantitative estimate of drug-likeness (QED) is 0.838. The van der Waals surface area contributed by atoms with Gasteiger partial charge in [0.1, 0.15) is 0 Å². The zero-order valence-electron chi connectivity index (χ0n) is 13.8. The predicted molar refractivity (Wildman–Crippen MR) is 96.2 cm³/mol. The second kappa shape index (κ2) is 7.53. The number of hydrogen-bond acceptors (Lipinski definition) is 5. The molecular weight excluding hydrogens is 326 g/mol. The predicted octanol–water partition coefficient (Wildman–Crippen LogP) is 1.39. The van der Waals surface area contributed by atoms with Crippen LogP contribution in [0.5, 0.6) is 0 Å². The molecule has 7 heteroatoms. The van der Waals surface area contributed by atoms with E-state index in [1.54, 1.807) is 0 Å². The first-order valence-corrected chi connectivity index (χ1v) is 10.4. The van der Waals surface area contributed by atoms with Gasteiger partial charge in [-0.1, -0.05) is 0 Å². The Bertz CT molecular complexity index is 667. The molecule has 1 aromatic carbocycles. The van der Waals surface area contributed by atoms with E-state index >= 15 is 0 Å². The van der Waals surface area contributed by atoms with E-state index in [9.17, 15) is 13.2 Å². The van der Waals surface area contributed by atoms with E-state index < -0.39 is 9.84 Å². The summed E-state index contributed by atoms with van der Waals surface area (Å²) in [6.45, 7) is 2.33. The summed E-state index contributed by atoms with van der Waals surface area (Å²) < 4.78 is 22.8. The highest BCUT2D eigenvalue weighted by Crippen LogP contribution is 2.21. The van der Waals surface area contributed by atoms with Crippen molar-refractivity contribution in [1.29, 1.82) is 0 Å². The standard InChI is InChI=1S/C17H25N3O3S/c21-17(12-18-15-8-11-24(22,23)13-15)19-14-4-6-16(7-5-14)20-9-2-1-3-10-20/h4-7,15,18H,1-3,8-13H2,(H,19,21). The van der Waals surface area contributed by atoms with Crippen molar-refractivity contribution in [2.24, 2.45) is 0 Å². The van der Waals surface area contributed by atoms with E-state index in [1.165, 1.54) is 24.9 Å². The number of piperidine rings is 1. The number of benzene rings is 1. The van der Waals surface area contributed by atoms with Gasteiger partial charge in [0.2, 0.25) is 5.91 Å². The zero-order chi connectivity index (χ0) is 17.0. The normalized spacial score (nSPS) is 23.2. The summed E-state index contributed by atoms with van der Waals surface area (Å²) in [6, 6.07) is 7.81. The van der Waals surface area contributed by atoms with Gasteiger partial charge in [-0.3, -0.25) is 4.79 Å². The molecule has 132 valence electrons. The monoisotopic (exact) mass is 351 g/mol. The van der Waals surface area contributed by atoms with Crippen LogP contribution in [-0.4, -0.2) is 51.5 Å². The van der Waals surface area contributed by atoms with Crippen LogP contribution in [0.15, 0.2) is 24.3 Å². The SMILES string of the molecule is O=C(CNC1CCS(=O)(=O)C1)Nc1ccc(N2CCCCC2)cc1. The average Bonchev–Trinajstić information content (AvgIpc) is 2.94. The van der Waals surface area contributed by atoms with Crippen LogP contribution in [0.4, 0.5) is 11.4 Å². The zero-order valence-corrected chi connectivity index (χ0v) is 14.6. The van der Waals surface area contributed by atoms with E-state index in [2.05, 4.69) is 15.5 Å². The minimum Gasteiger partial charge on any atom is -0.372 e.